The van der Waals surface area contributed by atoms with Crippen LogP contribution in [0.2, 0.25) is 0 Å². The first-order chi connectivity index (χ1) is 16.0. The van der Waals surface area contributed by atoms with Crippen molar-refractivity contribution in [2.75, 3.05) is 19.7 Å². The summed E-state index contributed by atoms with van der Waals surface area (Å²) < 4.78 is 11.4. The van der Waals surface area contributed by atoms with Crippen molar-refractivity contribution in [3.63, 3.8) is 0 Å². The lowest BCUT2D eigenvalue weighted by molar-refractivity contribution is -0.142. The van der Waals surface area contributed by atoms with Gasteiger partial charge in [-0.1, -0.05) is 12.1 Å². The molecule has 3 aliphatic rings. The van der Waals surface area contributed by atoms with E-state index in [-0.39, 0.29) is 17.6 Å². The van der Waals surface area contributed by atoms with Crippen LogP contribution in [-0.2, 0) is 9.53 Å². The SMILES string of the molecule is O=C(O)c1ccc2oc(-c3ccc([C@@H]4CC45CCN(C(=O)[C@H]4CCCO4)CC5)cc3)nc2c1. The van der Waals surface area contributed by atoms with Gasteiger partial charge in [0.25, 0.3) is 5.91 Å². The quantitative estimate of drug-likeness (QED) is 0.636. The fourth-order valence-electron chi connectivity index (χ4n) is 5.56. The van der Waals surface area contributed by atoms with Crippen LogP contribution in [0, 0.1) is 5.41 Å². The number of carboxylic acid groups (broad SMARTS) is 1. The van der Waals surface area contributed by atoms with Gasteiger partial charge < -0.3 is 19.2 Å². The topological polar surface area (TPSA) is 92.9 Å². The molecule has 6 rings (SSSR count). The molecule has 1 spiro atoms. The van der Waals surface area contributed by atoms with Gasteiger partial charge in [0.1, 0.15) is 11.6 Å². The van der Waals surface area contributed by atoms with Crippen LogP contribution in [0.4, 0.5) is 0 Å². The Morgan fingerprint density at radius 2 is 1.88 bits per heavy atom. The van der Waals surface area contributed by atoms with Crippen LogP contribution in [-0.4, -0.2) is 52.7 Å². The van der Waals surface area contributed by atoms with Crippen LogP contribution in [0.5, 0.6) is 0 Å². The fourth-order valence-corrected chi connectivity index (χ4v) is 5.56. The average molecular weight is 447 g/mol. The number of oxazole rings is 1. The third-order valence-corrected chi connectivity index (χ3v) is 7.66. The number of piperidine rings is 1. The van der Waals surface area contributed by atoms with Gasteiger partial charge in [0, 0.05) is 25.3 Å². The molecule has 2 atom stereocenters. The number of hydrogen-bond donors (Lipinski definition) is 1. The van der Waals surface area contributed by atoms with Crippen molar-refractivity contribution in [2.45, 2.75) is 44.1 Å². The largest absolute Gasteiger partial charge is 0.478 e. The van der Waals surface area contributed by atoms with Gasteiger partial charge in [0.2, 0.25) is 5.89 Å². The van der Waals surface area contributed by atoms with E-state index in [2.05, 4.69) is 17.1 Å². The fraction of sp³-hybridized carbons (Fsp3) is 0.423. The van der Waals surface area contributed by atoms with Crippen molar-refractivity contribution in [3.05, 3.63) is 53.6 Å². The zero-order valence-electron chi connectivity index (χ0n) is 18.3. The van der Waals surface area contributed by atoms with Gasteiger partial charge in [-0.15, -0.1) is 0 Å². The van der Waals surface area contributed by atoms with E-state index in [4.69, 9.17) is 14.3 Å². The van der Waals surface area contributed by atoms with Gasteiger partial charge >= 0.3 is 5.97 Å². The molecular weight excluding hydrogens is 420 g/mol. The number of carbonyl (C=O) groups is 2. The summed E-state index contributed by atoms with van der Waals surface area (Å²) in [5.74, 6) is 0.225. The van der Waals surface area contributed by atoms with E-state index in [9.17, 15) is 9.59 Å². The molecule has 7 nitrogen and oxygen atoms in total. The van der Waals surface area contributed by atoms with Crippen molar-refractivity contribution in [2.24, 2.45) is 5.41 Å². The lowest BCUT2D eigenvalue weighted by Crippen LogP contribution is -2.44. The first-order valence-corrected chi connectivity index (χ1v) is 11.7. The van der Waals surface area contributed by atoms with E-state index in [0.29, 0.717) is 34.9 Å². The molecule has 3 aromatic rings. The number of aromatic carboxylic acids is 1. The minimum absolute atomic E-state index is 0.178. The molecule has 1 aliphatic carbocycles. The predicted octanol–water partition coefficient (Wildman–Crippen LogP) is 4.47. The highest BCUT2D eigenvalue weighted by Gasteiger charge is 2.55. The minimum Gasteiger partial charge on any atom is -0.478 e. The second kappa shape index (κ2) is 7.70. The van der Waals surface area contributed by atoms with E-state index in [1.165, 1.54) is 24.1 Å². The molecular formula is C26H26N2O5. The third-order valence-electron chi connectivity index (χ3n) is 7.66. The summed E-state index contributed by atoms with van der Waals surface area (Å²) in [6.45, 7) is 2.36. The zero-order chi connectivity index (χ0) is 22.6. The van der Waals surface area contributed by atoms with Gasteiger partial charge in [-0.2, -0.15) is 0 Å². The highest BCUT2D eigenvalue weighted by molar-refractivity contribution is 5.92. The molecule has 1 aromatic heterocycles. The lowest BCUT2D eigenvalue weighted by atomic mass is 9.88. The number of likely N-dealkylation sites (tertiary alicyclic amines) is 1. The standard InChI is InChI=1S/C26H26N2O5/c29-24(22-2-1-13-32-22)28-11-9-26(10-12-28)15-19(26)16-3-5-17(6-4-16)23-27-20-14-18(25(30)31)7-8-21(20)33-23/h3-8,14,19,22H,1-2,9-13,15H2,(H,30,31)/t19-,22+/m0/s1. The molecule has 33 heavy (non-hydrogen) atoms. The zero-order valence-corrected chi connectivity index (χ0v) is 18.3. The molecule has 2 aliphatic heterocycles. The van der Waals surface area contributed by atoms with Crippen LogP contribution in [0.15, 0.2) is 46.9 Å². The molecule has 1 saturated carbocycles. The Morgan fingerprint density at radius 3 is 2.58 bits per heavy atom. The number of nitrogens with zero attached hydrogens (tertiary/aromatic N) is 2. The number of fused-ring (bicyclic) bond motifs is 1. The maximum Gasteiger partial charge on any atom is 0.335 e. The molecule has 2 aromatic carbocycles. The third kappa shape index (κ3) is 3.60. The van der Waals surface area contributed by atoms with Crippen LogP contribution in [0.1, 0.15) is 53.9 Å². The Bertz CT molecular complexity index is 1220. The minimum atomic E-state index is -0.980. The second-order valence-corrected chi connectivity index (χ2v) is 9.57. The van der Waals surface area contributed by atoms with Crippen LogP contribution in [0.3, 0.4) is 0 Å². The summed E-state index contributed by atoms with van der Waals surface area (Å²) in [4.78, 5) is 30.3. The Balaban J connectivity index is 1.12. The predicted molar refractivity (Wildman–Crippen MR) is 121 cm³/mol. The number of carboxylic acids is 1. The number of benzene rings is 2. The summed E-state index contributed by atoms with van der Waals surface area (Å²) in [6.07, 6.45) is 4.90. The van der Waals surface area contributed by atoms with Gasteiger partial charge in [-0.3, -0.25) is 4.79 Å². The molecule has 3 fully saturated rings. The van der Waals surface area contributed by atoms with E-state index in [1.807, 2.05) is 17.0 Å². The molecule has 1 amide bonds. The monoisotopic (exact) mass is 446 g/mol. The molecule has 170 valence electrons. The summed E-state index contributed by atoms with van der Waals surface area (Å²) in [7, 11) is 0. The highest BCUT2D eigenvalue weighted by atomic mass is 16.5. The maximum absolute atomic E-state index is 12.6. The van der Waals surface area contributed by atoms with Crippen molar-refractivity contribution in [3.8, 4) is 11.5 Å². The molecule has 0 radical (unpaired) electrons. The first-order valence-electron chi connectivity index (χ1n) is 11.7. The van der Waals surface area contributed by atoms with Gasteiger partial charge in [-0.25, -0.2) is 9.78 Å². The molecule has 3 heterocycles. The van der Waals surface area contributed by atoms with Crippen molar-refractivity contribution in [1.29, 1.82) is 0 Å². The Kier molecular flexibility index (Phi) is 4.76. The van der Waals surface area contributed by atoms with Crippen molar-refractivity contribution >= 4 is 23.0 Å². The number of amides is 1. The highest BCUT2D eigenvalue weighted by Crippen LogP contribution is 2.65. The average Bonchev–Trinajstić information content (AvgIpc) is 3.21. The molecule has 2 saturated heterocycles. The number of rotatable bonds is 4. The Hall–Kier alpha value is -3.19. The van der Waals surface area contributed by atoms with E-state index in [1.54, 1.807) is 6.07 Å². The number of carbonyl (C=O) groups excluding carboxylic acids is 1. The van der Waals surface area contributed by atoms with Gasteiger partial charge in [0.15, 0.2) is 5.58 Å². The first kappa shape index (κ1) is 20.4. The number of ether oxygens (including phenoxy) is 1. The van der Waals surface area contributed by atoms with Crippen LogP contribution >= 0.6 is 0 Å². The van der Waals surface area contributed by atoms with Crippen LogP contribution < -0.4 is 0 Å². The molecule has 7 heteroatoms. The summed E-state index contributed by atoms with van der Waals surface area (Å²) in [6, 6.07) is 13.1. The molecule has 0 unspecified atom stereocenters. The van der Waals surface area contributed by atoms with Gasteiger partial charge in [0.05, 0.1) is 5.56 Å². The van der Waals surface area contributed by atoms with Crippen LogP contribution in [0.25, 0.3) is 22.6 Å². The Labute approximate surface area is 191 Å². The Morgan fingerprint density at radius 1 is 1.09 bits per heavy atom. The summed E-state index contributed by atoms with van der Waals surface area (Å²) >= 11 is 0. The number of hydrogen-bond acceptors (Lipinski definition) is 5. The van der Waals surface area contributed by atoms with E-state index < -0.39 is 5.97 Å². The van der Waals surface area contributed by atoms with Crippen molar-refractivity contribution < 1.29 is 23.8 Å². The smallest absolute Gasteiger partial charge is 0.335 e. The number of aromatic nitrogens is 1. The lowest BCUT2D eigenvalue weighted by Gasteiger charge is -2.34. The molecule has 0 bridgehead atoms. The maximum atomic E-state index is 12.6. The second-order valence-electron chi connectivity index (χ2n) is 9.57. The van der Waals surface area contributed by atoms with Crippen molar-refractivity contribution in [1.82, 2.24) is 9.88 Å². The van der Waals surface area contributed by atoms with E-state index >= 15 is 0 Å². The summed E-state index contributed by atoms with van der Waals surface area (Å²) in [5.41, 5.74) is 3.82. The summed E-state index contributed by atoms with van der Waals surface area (Å²) in [5, 5.41) is 9.17. The van der Waals surface area contributed by atoms with E-state index in [0.717, 1.165) is 44.3 Å². The normalized spacial score (nSPS) is 23.8. The van der Waals surface area contributed by atoms with Gasteiger partial charge in [-0.05, 0) is 79.3 Å². The molecule has 1 N–H and O–H groups in total.